The number of hydrogen-bond acceptors (Lipinski definition) is 4. The molecule has 2 N–H and O–H groups in total. The van der Waals surface area contributed by atoms with Crippen LogP contribution in [0.4, 0.5) is 4.39 Å². The van der Waals surface area contributed by atoms with Crippen molar-refractivity contribution < 1.29 is 4.39 Å². The van der Waals surface area contributed by atoms with Crippen LogP contribution >= 0.6 is 11.3 Å². The van der Waals surface area contributed by atoms with Gasteiger partial charge in [0.1, 0.15) is 10.8 Å². The van der Waals surface area contributed by atoms with Crippen LogP contribution in [0.1, 0.15) is 40.9 Å². The molecule has 29 heavy (non-hydrogen) atoms. The molecule has 3 rings (SSSR count). The molecule has 7 heteroatoms. The van der Waals surface area contributed by atoms with Crippen LogP contribution in [-0.4, -0.2) is 42.0 Å². The largest absolute Gasteiger partial charge is 0.357 e. The average Bonchev–Trinajstić information content (AvgIpc) is 3.04. The Hall–Kier alpha value is -1.99. The fraction of sp³-hybridized carbons (Fsp3) is 0.545. The molecule has 0 unspecified atom stereocenters. The van der Waals surface area contributed by atoms with Crippen LogP contribution in [0.2, 0.25) is 0 Å². The minimum atomic E-state index is -0.103. The molecule has 0 aliphatic carbocycles. The number of nitrogens with zero attached hydrogens (tertiary/aromatic N) is 3. The Bertz CT molecular complexity index is 792. The molecule has 0 atom stereocenters. The maximum atomic E-state index is 13.9. The first-order chi connectivity index (χ1) is 14.0. The first kappa shape index (κ1) is 21.7. The molecule has 2 aromatic rings. The summed E-state index contributed by atoms with van der Waals surface area (Å²) in [5.74, 6) is 1.36. The smallest absolute Gasteiger partial charge is 0.191 e. The molecule has 5 nitrogen and oxygen atoms in total. The Morgan fingerprint density at radius 3 is 2.66 bits per heavy atom. The van der Waals surface area contributed by atoms with Crippen molar-refractivity contribution in [2.45, 2.75) is 46.7 Å². The van der Waals surface area contributed by atoms with Gasteiger partial charge in [0.25, 0.3) is 0 Å². The van der Waals surface area contributed by atoms with E-state index in [1.807, 2.05) is 19.1 Å². The zero-order valence-corrected chi connectivity index (χ0v) is 18.5. The predicted octanol–water partition coefficient (Wildman–Crippen LogP) is 3.87. The lowest BCUT2D eigenvalue weighted by Crippen LogP contribution is -2.42. The Labute approximate surface area is 177 Å². The van der Waals surface area contributed by atoms with Crippen LogP contribution in [0.5, 0.6) is 0 Å². The molecule has 0 radical (unpaired) electrons. The van der Waals surface area contributed by atoms with Crippen molar-refractivity contribution in [1.29, 1.82) is 0 Å². The summed E-state index contributed by atoms with van der Waals surface area (Å²) in [6.45, 7) is 11.3. The topological polar surface area (TPSA) is 52.6 Å². The van der Waals surface area contributed by atoms with Crippen molar-refractivity contribution in [2.75, 3.05) is 26.2 Å². The molecule has 1 aromatic heterocycles. The van der Waals surface area contributed by atoms with Gasteiger partial charge in [0.2, 0.25) is 0 Å². The van der Waals surface area contributed by atoms with Gasteiger partial charge in [0.15, 0.2) is 5.96 Å². The quantitative estimate of drug-likeness (QED) is 0.530. The number of nitrogens with one attached hydrogen (secondary N) is 2. The zero-order chi connectivity index (χ0) is 20.6. The summed E-state index contributed by atoms with van der Waals surface area (Å²) < 4.78 is 13.9. The van der Waals surface area contributed by atoms with Gasteiger partial charge >= 0.3 is 0 Å². The summed E-state index contributed by atoms with van der Waals surface area (Å²) in [7, 11) is 0. The predicted molar refractivity (Wildman–Crippen MR) is 119 cm³/mol. The Morgan fingerprint density at radius 2 is 2.00 bits per heavy atom. The van der Waals surface area contributed by atoms with E-state index in [0.717, 1.165) is 61.2 Å². The van der Waals surface area contributed by atoms with Crippen LogP contribution in [0.25, 0.3) is 0 Å². The second-order valence-corrected chi connectivity index (χ2v) is 8.92. The highest BCUT2D eigenvalue weighted by Gasteiger charge is 2.20. The first-order valence-corrected chi connectivity index (χ1v) is 11.3. The van der Waals surface area contributed by atoms with Crippen LogP contribution in [-0.2, 0) is 13.1 Å². The van der Waals surface area contributed by atoms with Crippen LogP contribution in [0, 0.1) is 25.6 Å². The summed E-state index contributed by atoms with van der Waals surface area (Å²) in [6.07, 6.45) is 2.23. The lowest BCUT2D eigenvalue weighted by molar-refractivity contribution is 0.176. The third-order valence-corrected chi connectivity index (χ3v) is 6.46. The third kappa shape index (κ3) is 6.51. The first-order valence-electron chi connectivity index (χ1n) is 10.5. The minimum absolute atomic E-state index is 0.103. The number of aliphatic imine (C=N–C) groups is 1. The number of piperidine rings is 1. The van der Waals surface area contributed by atoms with Crippen molar-refractivity contribution in [1.82, 2.24) is 20.5 Å². The second kappa shape index (κ2) is 10.7. The molecule has 2 heterocycles. The van der Waals surface area contributed by atoms with Crippen molar-refractivity contribution in [3.8, 4) is 0 Å². The molecular weight excluding hydrogens is 385 g/mol. The van der Waals surface area contributed by atoms with E-state index in [4.69, 9.17) is 4.99 Å². The molecule has 0 spiro atoms. The van der Waals surface area contributed by atoms with E-state index in [1.54, 1.807) is 23.5 Å². The average molecular weight is 418 g/mol. The van der Waals surface area contributed by atoms with Gasteiger partial charge in [-0.05, 0) is 58.7 Å². The number of halogens is 1. The van der Waals surface area contributed by atoms with E-state index < -0.39 is 0 Å². The van der Waals surface area contributed by atoms with Crippen LogP contribution in [0.3, 0.4) is 0 Å². The SMILES string of the molecule is CCNC(=NCc1nc(C)c(C)s1)NCC1CCN(Cc2ccccc2F)CC1. The van der Waals surface area contributed by atoms with E-state index in [2.05, 4.69) is 34.4 Å². The molecule has 1 aromatic carbocycles. The van der Waals surface area contributed by atoms with E-state index in [9.17, 15) is 4.39 Å². The summed E-state index contributed by atoms with van der Waals surface area (Å²) in [6, 6.07) is 7.08. The zero-order valence-electron chi connectivity index (χ0n) is 17.7. The Morgan fingerprint density at radius 1 is 1.24 bits per heavy atom. The highest BCUT2D eigenvalue weighted by Crippen LogP contribution is 2.20. The maximum Gasteiger partial charge on any atom is 0.191 e. The fourth-order valence-electron chi connectivity index (χ4n) is 3.55. The molecule has 1 saturated heterocycles. The van der Waals surface area contributed by atoms with Gasteiger partial charge in [-0.1, -0.05) is 18.2 Å². The number of hydrogen-bond donors (Lipinski definition) is 2. The van der Waals surface area contributed by atoms with E-state index in [0.29, 0.717) is 19.0 Å². The normalized spacial score (nSPS) is 16.2. The molecule has 0 bridgehead atoms. The summed E-state index contributed by atoms with van der Waals surface area (Å²) >= 11 is 1.72. The van der Waals surface area contributed by atoms with Crippen LogP contribution in [0.15, 0.2) is 29.3 Å². The molecule has 1 aliphatic rings. The highest BCUT2D eigenvalue weighted by atomic mass is 32.1. The number of thiazole rings is 1. The van der Waals surface area contributed by atoms with Gasteiger partial charge in [0.05, 0.1) is 12.2 Å². The van der Waals surface area contributed by atoms with Crippen LogP contribution < -0.4 is 10.6 Å². The second-order valence-electron chi connectivity index (χ2n) is 7.64. The standard InChI is InChI=1S/C22H32FN5S/c1-4-24-22(26-14-21-27-16(2)17(3)29-21)25-13-18-9-11-28(12-10-18)15-19-7-5-6-8-20(19)23/h5-8,18H,4,9-15H2,1-3H3,(H2,24,25,26). The number of likely N-dealkylation sites (tertiary alicyclic amines) is 1. The van der Waals surface area contributed by atoms with Crippen molar-refractivity contribution in [2.24, 2.45) is 10.9 Å². The van der Waals surface area contributed by atoms with Gasteiger partial charge in [0, 0.05) is 30.1 Å². The molecule has 0 saturated carbocycles. The summed E-state index contributed by atoms with van der Waals surface area (Å²) in [5, 5.41) is 7.87. The van der Waals surface area contributed by atoms with Crippen molar-refractivity contribution in [3.05, 3.63) is 51.2 Å². The van der Waals surface area contributed by atoms with Gasteiger partial charge in [-0.3, -0.25) is 4.90 Å². The molecule has 0 amide bonds. The lowest BCUT2D eigenvalue weighted by Gasteiger charge is -2.32. The van der Waals surface area contributed by atoms with Gasteiger partial charge < -0.3 is 10.6 Å². The Kier molecular flexibility index (Phi) is 8.00. The lowest BCUT2D eigenvalue weighted by atomic mass is 9.96. The fourth-order valence-corrected chi connectivity index (χ4v) is 4.41. The number of aryl methyl sites for hydroxylation is 2. The van der Waals surface area contributed by atoms with Crippen molar-refractivity contribution >= 4 is 17.3 Å². The minimum Gasteiger partial charge on any atom is -0.357 e. The molecule has 158 valence electrons. The number of guanidine groups is 1. The van der Waals surface area contributed by atoms with Gasteiger partial charge in [-0.25, -0.2) is 14.4 Å². The van der Waals surface area contributed by atoms with E-state index >= 15 is 0 Å². The Balaban J connectivity index is 1.44. The number of aromatic nitrogens is 1. The molecular formula is C22H32FN5S. The molecule has 1 fully saturated rings. The van der Waals surface area contributed by atoms with Crippen molar-refractivity contribution in [3.63, 3.8) is 0 Å². The number of rotatable bonds is 7. The van der Waals surface area contributed by atoms with E-state index in [1.165, 1.54) is 4.88 Å². The summed E-state index contributed by atoms with van der Waals surface area (Å²) in [4.78, 5) is 12.9. The van der Waals surface area contributed by atoms with Gasteiger partial charge in [-0.15, -0.1) is 11.3 Å². The third-order valence-electron chi connectivity index (χ3n) is 5.41. The monoisotopic (exact) mass is 417 g/mol. The summed E-state index contributed by atoms with van der Waals surface area (Å²) in [5.41, 5.74) is 1.89. The molecule has 1 aliphatic heterocycles. The van der Waals surface area contributed by atoms with E-state index in [-0.39, 0.29) is 5.82 Å². The maximum absolute atomic E-state index is 13.9. The highest BCUT2D eigenvalue weighted by molar-refractivity contribution is 7.11. The number of benzene rings is 1. The van der Waals surface area contributed by atoms with Gasteiger partial charge in [-0.2, -0.15) is 0 Å².